The Hall–Kier alpha value is -13.0. The van der Waals surface area contributed by atoms with Crippen LogP contribution in [0.25, 0.3) is 0 Å². The highest BCUT2D eigenvalue weighted by molar-refractivity contribution is 5.76. The van der Waals surface area contributed by atoms with Crippen molar-refractivity contribution in [3.8, 4) is 144 Å². The summed E-state index contributed by atoms with van der Waals surface area (Å²) in [5.74, 6) is -28.8. The summed E-state index contributed by atoms with van der Waals surface area (Å²) in [6.07, 6.45) is -17.7. The minimum Gasteiger partial charge on any atom is -0.508 e. The van der Waals surface area contributed by atoms with Crippen LogP contribution in [0.15, 0.2) is 127 Å². The van der Waals surface area contributed by atoms with Gasteiger partial charge in [0.15, 0.2) is 75.8 Å². The third-order valence-corrected chi connectivity index (χ3v) is 20.5. The third kappa shape index (κ3) is 9.89. The van der Waals surface area contributed by atoms with Gasteiger partial charge < -0.3 is 151 Å². The Morgan fingerprint density at radius 3 is 1.10 bits per heavy atom. The van der Waals surface area contributed by atoms with Gasteiger partial charge in [0.2, 0.25) is 0 Å². The maximum absolute atomic E-state index is 13.6. The van der Waals surface area contributed by atoms with Gasteiger partial charge in [0.1, 0.15) is 117 Å². The van der Waals surface area contributed by atoms with Crippen molar-refractivity contribution in [2.45, 2.75) is 90.8 Å². The first kappa shape index (κ1) is 66.5. The normalized spacial score (nSPS) is 25.1. The van der Waals surface area contributed by atoms with Crippen LogP contribution in [-0.4, -0.2) is 153 Å². The van der Waals surface area contributed by atoms with Gasteiger partial charge in [-0.25, -0.2) is 0 Å². The molecule has 0 aromatic heterocycles. The van der Waals surface area contributed by atoms with Crippen LogP contribution in [0, 0.1) is 0 Å². The molecule has 6 aliphatic heterocycles. The minimum atomic E-state index is -2.91. The van der Waals surface area contributed by atoms with E-state index in [1.807, 2.05) is 0 Å². The smallest absolute Gasteiger partial charge is 0.305 e. The van der Waals surface area contributed by atoms with Crippen molar-refractivity contribution in [2.75, 3.05) is 0 Å². The molecule has 540 valence electrons. The molecule has 10 aromatic rings. The highest BCUT2D eigenvalue weighted by Gasteiger charge is 2.63. The molecule has 6 heterocycles. The number of hydrogen-bond donors (Lipinski definition) is 24. The number of rotatable bonds is 8. The topological polar surface area (TPSA) is 541 Å². The lowest BCUT2D eigenvalue weighted by Gasteiger charge is -2.52. The van der Waals surface area contributed by atoms with Crippen LogP contribution in [0.2, 0.25) is 0 Å². The number of aromatic hydroxyl groups is 19. The summed E-state index contributed by atoms with van der Waals surface area (Å²) in [6.45, 7) is 0. The van der Waals surface area contributed by atoms with E-state index in [1.54, 1.807) is 0 Å². The molecule has 10 aromatic carbocycles. The van der Waals surface area contributed by atoms with Crippen molar-refractivity contribution >= 4 is 0 Å². The maximum atomic E-state index is 13.6. The fourth-order valence-corrected chi connectivity index (χ4v) is 15.8. The molecule has 30 heteroatoms. The molecule has 0 saturated carbocycles. The summed E-state index contributed by atoms with van der Waals surface area (Å²) >= 11 is 0. The van der Waals surface area contributed by atoms with Crippen LogP contribution < -0.4 is 28.4 Å². The molecule has 105 heavy (non-hydrogen) atoms. The zero-order valence-corrected chi connectivity index (χ0v) is 53.5. The number of ether oxygens (including phenoxy) is 6. The van der Waals surface area contributed by atoms with Crippen LogP contribution in [0.5, 0.6) is 144 Å². The number of aliphatic hydroxyl groups is 5. The first-order chi connectivity index (χ1) is 49.9. The highest BCUT2D eigenvalue weighted by atomic mass is 16.7. The van der Waals surface area contributed by atoms with E-state index in [4.69, 9.17) is 28.4 Å². The number of phenols is 19. The fraction of sp³-hybridized carbons (Fsp3) is 0.200. The second-order valence-electron chi connectivity index (χ2n) is 26.5. The lowest BCUT2D eigenvalue weighted by Crippen LogP contribution is -2.58. The van der Waals surface area contributed by atoms with Crippen molar-refractivity contribution in [2.24, 2.45) is 0 Å². The van der Waals surface area contributed by atoms with Gasteiger partial charge in [-0.1, -0.05) is 24.3 Å². The number of fused-ring (bicyclic) bond motifs is 11. The quantitative estimate of drug-likeness (QED) is 0.0672. The van der Waals surface area contributed by atoms with Crippen molar-refractivity contribution < 1.29 is 151 Å². The van der Waals surface area contributed by atoms with E-state index in [-0.39, 0.29) is 39.1 Å². The van der Waals surface area contributed by atoms with E-state index < -0.39 is 273 Å². The molecule has 0 spiro atoms. The molecule has 6 aliphatic rings. The summed E-state index contributed by atoms with van der Waals surface area (Å²) in [7, 11) is 0. The standard InChI is InChI=1S/C75H60O30/c76-28-16-41(88)51-49(17-28)100-67(24-2-7-31(78)37(84)12-24)63(96)59(51)53-43(90)20-44(91)54-61(65(98)68(102-71(53)54)25-3-8-32(79)38(85)13-25)56-45(92)21-46(93)57-62-58-50(104-75(74(62)99,105-73(56)57)27-5-10-34(81)40(87)15-27)22-47(94)55-60(64(97)69(103-72(55)58)26-4-9-33(80)39(86)14-26)52-42(89)19-35(82)29-18-48(95)66(101-70(29)52)23-1-6-30(77)36(83)11-23/h1-17,19-22,48,59-69,74,76-99H,18H2/t48-,59-,60-,61+,62-,63-,64-,65+,66-,67-,68-,69-,74+,75-/m1/s1. The Balaban J connectivity index is 0.966. The van der Waals surface area contributed by atoms with E-state index in [9.17, 15) is 123 Å². The third-order valence-electron chi connectivity index (χ3n) is 20.5. The van der Waals surface area contributed by atoms with Crippen LogP contribution in [0.4, 0.5) is 0 Å². The lowest BCUT2D eigenvalue weighted by atomic mass is 9.69. The van der Waals surface area contributed by atoms with Crippen LogP contribution >= 0.6 is 0 Å². The molecule has 24 N–H and O–H groups in total. The predicted molar refractivity (Wildman–Crippen MR) is 354 cm³/mol. The Kier molecular flexibility index (Phi) is 14.9. The first-order valence-electron chi connectivity index (χ1n) is 32.2. The summed E-state index contributed by atoms with van der Waals surface area (Å²) in [6, 6.07) is 21.3. The Morgan fingerprint density at radius 2 is 0.629 bits per heavy atom. The lowest BCUT2D eigenvalue weighted by molar-refractivity contribution is -0.219. The number of benzene rings is 10. The summed E-state index contributed by atoms with van der Waals surface area (Å²) < 4.78 is 40.0. The van der Waals surface area contributed by atoms with Gasteiger partial charge >= 0.3 is 5.79 Å². The van der Waals surface area contributed by atoms with E-state index >= 15 is 0 Å². The molecule has 30 nitrogen and oxygen atoms in total. The van der Waals surface area contributed by atoms with Crippen molar-refractivity contribution in [3.05, 3.63) is 205 Å². The van der Waals surface area contributed by atoms with E-state index in [0.29, 0.717) is 0 Å². The molecule has 0 amide bonds. The van der Waals surface area contributed by atoms with Crippen LogP contribution in [-0.2, 0) is 12.2 Å². The zero-order chi connectivity index (χ0) is 74.3. The van der Waals surface area contributed by atoms with Gasteiger partial charge in [-0.05, 0) is 89.0 Å². The summed E-state index contributed by atoms with van der Waals surface area (Å²) in [5.41, 5.74) is -5.07. The van der Waals surface area contributed by atoms with E-state index in [0.717, 1.165) is 103 Å². The van der Waals surface area contributed by atoms with Crippen molar-refractivity contribution in [3.63, 3.8) is 0 Å². The summed E-state index contributed by atoms with van der Waals surface area (Å²) in [4.78, 5) is 0. The van der Waals surface area contributed by atoms with Crippen molar-refractivity contribution in [1.29, 1.82) is 0 Å². The first-order valence-corrected chi connectivity index (χ1v) is 32.2. The predicted octanol–water partition coefficient (Wildman–Crippen LogP) is 7.14. The van der Waals surface area contributed by atoms with Gasteiger partial charge in [0.05, 0.1) is 29.8 Å². The minimum absolute atomic E-state index is 0.0427. The largest absolute Gasteiger partial charge is 0.508 e. The monoisotopic (exact) mass is 1440 g/mol. The SMILES string of the molecule is Oc1cc(O)c2c(c1)O[C@H](c1ccc(O)c(O)c1)[C@H](O)[C@H]2c1c(O)cc(O)c2c1O[C@H](c1ccc(O)c(O)c1)[C@@H](O)[C@@H]2c1c(O)cc(O)c2c1O[C@@]1(c3ccc(O)c(O)c3)Oc3cc(O)c4c(c3[C@@H]2[C@@H]1O)O[C@H](c1ccc(O)c(O)c1)[C@H](O)[C@@H]4c1c(O)cc(O)c2c1O[C@H](c1ccc(O)c(O)c1)[C@H](O)C2. The van der Waals surface area contributed by atoms with E-state index in [2.05, 4.69) is 0 Å². The Morgan fingerprint density at radius 1 is 0.267 bits per heavy atom. The van der Waals surface area contributed by atoms with Crippen molar-refractivity contribution in [1.82, 2.24) is 0 Å². The molecule has 16 rings (SSSR count). The Labute approximate surface area is 588 Å². The van der Waals surface area contributed by atoms with Crippen LogP contribution in [0.1, 0.15) is 126 Å². The second kappa shape index (κ2) is 23.5. The highest BCUT2D eigenvalue weighted by Crippen LogP contribution is 2.69. The number of aliphatic hydroxyl groups excluding tert-OH is 5. The number of phenolic OH excluding ortho intramolecular Hbond substituents is 19. The average molecular weight is 1440 g/mol. The average Bonchev–Trinajstić information content (AvgIpc) is 0.690. The van der Waals surface area contributed by atoms with Crippen LogP contribution in [0.3, 0.4) is 0 Å². The van der Waals surface area contributed by atoms with Gasteiger partial charge in [0.25, 0.3) is 0 Å². The maximum Gasteiger partial charge on any atom is 0.305 e. The van der Waals surface area contributed by atoms with Gasteiger partial charge in [-0.3, -0.25) is 0 Å². The molecule has 14 atom stereocenters. The molecular formula is C75H60O30. The van der Waals surface area contributed by atoms with Gasteiger partial charge in [0, 0.05) is 98.5 Å². The van der Waals surface area contributed by atoms with Gasteiger partial charge in [-0.15, -0.1) is 0 Å². The fourth-order valence-electron chi connectivity index (χ4n) is 15.8. The summed E-state index contributed by atoms with van der Waals surface area (Å²) in [5, 5.41) is 282. The molecule has 0 aliphatic carbocycles. The molecule has 0 unspecified atom stereocenters. The Bertz CT molecular complexity index is 5350. The number of hydrogen-bond acceptors (Lipinski definition) is 30. The van der Waals surface area contributed by atoms with Gasteiger partial charge in [-0.2, -0.15) is 0 Å². The van der Waals surface area contributed by atoms with E-state index in [1.165, 1.54) is 24.3 Å². The zero-order valence-electron chi connectivity index (χ0n) is 53.5. The second-order valence-corrected chi connectivity index (χ2v) is 26.5. The molecule has 0 radical (unpaired) electrons. The molecule has 0 saturated heterocycles. The molecular weight excluding hydrogens is 1380 g/mol. The molecule has 0 fully saturated rings. The molecule has 2 bridgehead atoms.